The van der Waals surface area contributed by atoms with E-state index in [-0.39, 0.29) is 0 Å². The molecular formula is C8H13NO2. The van der Waals surface area contributed by atoms with Crippen molar-refractivity contribution in [2.24, 2.45) is 0 Å². The molecule has 0 spiro atoms. The van der Waals surface area contributed by atoms with Gasteiger partial charge in [-0.05, 0) is 12.2 Å². The van der Waals surface area contributed by atoms with E-state index in [1.54, 1.807) is 14.2 Å². The summed E-state index contributed by atoms with van der Waals surface area (Å²) < 4.78 is 10.3. The Morgan fingerprint density at radius 2 is 1.55 bits per heavy atom. The summed E-state index contributed by atoms with van der Waals surface area (Å²) in [5.41, 5.74) is 0. The zero-order valence-electron chi connectivity index (χ0n) is 7.07. The molecule has 1 heterocycles. The van der Waals surface area contributed by atoms with Gasteiger partial charge in [0, 0.05) is 33.7 Å². The van der Waals surface area contributed by atoms with Crippen LogP contribution >= 0.6 is 0 Å². The summed E-state index contributed by atoms with van der Waals surface area (Å²) in [5, 5.41) is 0. The lowest BCUT2D eigenvalue weighted by Crippen LogP contribution is -2.31. The fourth-order valence-corrected chi connectivity index (χ4v) is 0.904. The highest BCUT2D eigenvalue weighted by molar-refractivity contribution is 5.14. The first-order valence-electron chi connectivity index (χ1n) is 3.43. The monoisotopic (exact) mass is 155 g/mol. The number of nitrogens with zero attached hydrogens (tertiary/aromatic N) is 1. The van der Waals surface area contributed by atoms with Gasteiger partial charge in [-0.3, -0.25) is 0 Å². The lowest BCUT2D eigenvalue weighted by molar-refractivity contribution is -0.135. The van der Waals surface area contributed by atoms with Crippen LogP contribution in [0.4, 0.5) is 0 Å². The molecule has 0 unspecified atom stereocenters. The normalized spacial score (nSPS) is 20.8. The van der Waals surface area contributed by atoms with Crippen LogP contribution < -0.4 is 0 Å². The number of rotatable bonds is 2. The first-order chi connectivity index (χ1) is 5.22. The number of ether oxygens (including phenoxy) is 2. The van der Waals surface area contributed by atoms with Gasteiger partial charge in [0.1, 0.15) is 0 Å². The van der Waals surface area contributed by atoms with Crippen molar-refractivity contribution in [2.75, 3.05) is 21.3 Å². The van der Waals surface area contributed by atoms with E-state index >= 15 is 0 Å². The van der Waals surface area contributed by atoms with Gasteiger partial charge in [-0.15, -0.1) is 0 Å². The summed E-state index contributed by atoms with van der Waals surface area (Å²) >= 11 is 0. The van der Waals surface area contributed by atoms with Gasteiger partial charge < -0.3 is 14.4 Å². The van der Waals surface area contributed by atoms with Crippen LogP contribution in [0.2, 0.25) is 0 Å². The number of hydrogen-bond donors (Lipinski definition) is 0. The maximum Gasteiger partial charge on any atom is 0.210 e. The van der Waals surface area contributed by atoms with Crippen LogP contribution in [0.25, 0.3) is 0 Å². The molecule has 3 heteroatoms. The molecule has 0 bridgehead atoms. The molecule has 0 amide bonds. The summed E-state index contributed by atoms with van der Waals surface area (Å²) in [6, 6.07) is 0. The molecule has 0 aromatic rings. The Kier molecular flexibility index (Phi) is 2.31. The Bertz CT molecular complexity index is 167. The summed E-state index contributed by atoms with van der Waals surface area (Å²) in [4.78, 5) is 1.93. The Morgan fingerprint density at radius 3 is 1.91 bits per heavy atom. The smallest absolute Gasteiger partial charge is 0.210 e. The molecule has 11 heavy (non-hydrogen) atoms. The van der Waals surface area contributed by atoms with Crippen LogP contribution in [0.1, 0.15) is 0 Å². The molecule has 62 valence electrons. The highest BCUT2D eigenvalue weighted by Gasteiger charge is 2.24. The molecule has 1 aliphatic heterocycles. The van der Waals surface area contributed by atoms with E-state index in [1.807, 2.05) is 36.5 Å². The average molecular weight is 155 g/mol. The quantitative estimate of drug-likeness (QED) is 0.554. The third-order valence-corrected chi connectivity index (χ3v) is 1.72. The molecular weight excluding hydrogens is 142 g/mol. The van der Waals surface area contributed by atoms with Crippen molar-refractivity contribution in [1.82, 2.24) is 4.90 Å². The van der Waals surface area contributed by atoms with Gasteiger partial charge in [-0.25, -0.2) is 0 Å². The molecule has 0 atom stereocenters. The molecule has 0 saturated heterocycles. The maximum absolute atomic E-state index is 5.15. The SMILES string of the molecule is COC1(OC)C=CN(C)C=C1. The van der Waals surface area contributed by atoms with Gasteiger partial charge in [0.05, 0.1) is 0 Å². The minimum atomic E-state index is -0.660. The van der Waals surface area contributed by atoms with E-state index in [0.717, 1.165) is 0 Å². The minimum absolute atomic E-state index is 0.660. The largest absolute Gasteiger partial charge is 0.357 e. The van der Waals surface area contributed by atoms with Crippen LogP contribution in [-0.4, -0.2) is 32.0 Å². The summed E-state index contributed by atoms with van der Waals surface area (Å²) in [7, 11) is 5.18. The summed E-state index contributed by atoms with van der Waals surface area (Å²) in [6.07, 6.45) is 7.50. The molecule has 3 nitrogen and oxygen atoms in total. The Labute approximate surface area is 66.9 Å². The van der Waals surface area contributed by atoms with Gasteiger partial charge in [0.25, 0.3) is 0 Å². The van der Waals surface area contributed by atoms with Crippen LogP contribution in [0.3, 0.4) is 0 Å². The molecule has 0 aliphatic carbocycles. The van der Waals surface area contributed by atoms with Gasteiger partial charge >= 0.3 is 0 Å². The second-order valence-corrected chi connectivity index (χ2v) is 2.43. The Balaban J connectivity index is 2.73. The fourth-order valence-electron chi connectivity index (χ4n) is 0.904. The molecule has 0 fully saturated rings. The summed E-state index contributed by atoms with van der Waals surface area (Å²) in [5.74, 6) is -0.660. The van der Waals surface area contributed by atoms with E-state index in [1.165, 1.54) is 0 Å². The van der Waals surface area contributed by atoms with Crippen molar-refractivity contribution in [1.29, 1.82) is 0 Å². The molecule has 0 aromatic carbocycles. The fraction of sp³-hybridized carbons (Fsp3) is 0.500. The van der Waals surface area contributed by atoms with Crippen molar-refractivity contribution in [3.05, 3.63) is 24.6 Å². The van der Waals surface area contributed by atoms with E-state index < -0.39 is 5.79 Å². The maximum atomic E-state index is 5.15. The van der Waals surface area contributed by atoms with Crippen LogP contribution in [-0.2, 0) is 9.47 Å². The van der Waals surface area contributed by atoms with Gasteiger partial charge in [-0.2, -0.15) is 0 Å². The highest BCUT2D eigenvalue weighted by atomic mass is 16.7. The molecule has 0 radical (unpaired) electrons. The number of methoxy groups -OCH3 is 2. The summed E-state index contributed by atoms with van der Waals surface area (Å²) in [6.45, 7) is 0. The second kappa shape index (κ2) is 3.07. The van der Waals surface area contributed by atoms with Crippen molar-refractivity contribution in [3.8, 4) is 0 Å². The molecule has 0 aromatic heterocycles. The zero-order valence-corrected chi connectivity index (χ0v) is 7.07. The number of hydrogen-bond acceptors (Lipinski definition) is 3. The van der Waals surface area contributed by atoms with Gasteiger partial charge in [0.2, 0.25) is 5.79 Å². The highest BCUT2D eigenvalue weighted by Crippen LogP contribution is 2.18. The molecule has 1 aliphatic rings. The van der Waals surface area contributed by atoms with Crippen LogP contribution in [0, 0.1) is 0 Å². The Hall–Kier alpha value is -0.800. The zero-order chi connectivity index (χ0) is 8.32. The van der Waals surface area contributed by atoms with E-state index in [2.05, 4.69) is 0 Å². The predicted molar refractivity (Wildman–Crippen MR) is 42.8 cm³/mol. The van der Waals surface area contributed by atoms with Crippen molar-refractivity contribution < 1.29 is 9.47 Å². The van der Waals surface area contributed by atoms with E-state index in [9.17, 15) is 0 Å². The molecule has 0 saturated carbocycles. The lowest BCUT2D eigenvalue weighted by Gasteiger charge is -2.28. The van der Waals surface area contributed by atoms with Crippen molar-refractivity contribution in [3.63, 3.8) is 0 Å². The topological polar surface area (TPSA) is 21.7 Å². The average Bonchev–Trinajstić information content (AvgIpc) is 2.07. The van der Waals surface area contributed by atoms with Crippen molar-refractivity contribution in [2.45, 2.75) is 5.79 Å². The van der Waals surface area contributed by atoms with Crippen LogP contribution in [0.15, 0.2) is 24.6 Å². The lowest BCUT2D eigenvalue weighted by atomic mass is 10.2. The predicted octanol–water partition coefficient (Wildman–Crippen LogP) is 0.948. The molecule has 0 N–H and O–H groups in total. The Morgan fingerprint density at radius 1 is 1.09 bits per heavy atom. The third-order valence-electron chi connectivity index (χ3n) is 1.72. The van der Waals surface area contributed by atoms with Crippen molar-refractivity contribution >= 4 is 0 Å². The first kappa shape index (κ1) is 8.30. The van der Waals surface area contributed by atoms with E-state index in [4.69, 9.17) is 9.47 Å². The first-order valence-corrected chi connectivity index (χ1v) is 3.43. The van der Waals surface area contributed by atoms with Gasteiger partial charge in [0.15, 0.2) is 0 Å². The minimum Gasteiger partial charge on any atom is -0.357 e. The standard InChI is InChI=1S/C8H13NO2/c1-9-6-4-8(10-2,11-3)5-7-9/h4-7H,1-3H3. The third kappa shape index (κ3) is 1.61. The van der Waals surface area contributed by atoms with Gasteiger partial charge in [-0.1, -0.05) is 0 Å². The molecule has 1 rings (SSSR count). The van der Waals surface area contributed by atoms with E-state index in [0.29, 0.717) is 0 Å². The second-order valence-electron chi connectivity index (χ2n) is 2.43. The van der Waals surface area contributed by atoms with Crippen LogP contribution in [0.5, 0.6) is 0 Å².